The topological polar surface area (TPSA) is 12.5 Å². The standard InChI is InChI=1S/C24H28FNO/c1-27-20-10-7-18-14-23-21-4-2-3-11-24(21,22(18)15-20)12-13-26(23)16-17-5-8-19(25)9-6-17/h5-10,15,21,23H,2-4,11-14,16H2,1H3/t21-,23+,24-/m0/s1. The Morgan fingerprint density at radius 3 is 2.78 bits per heavy atom. The maximum atomic E-state index is 13.3. The molecule has 5 rings (SSSR count). The quantitative estimate of drug-likeness (QED) is 0.751. The summed E-state index contributed by atoms with van der Waals surface area (Å²) < 4.78 is 18.9. The number of hydrogen-bond donors (Lipinski definition) is 0. The first kappa shape index (κ1) is 17.2. The third-order valence-corrected chi connectivity index (χ3v) is 7.46. The Morgan fingerprint density at radius 2 is 1.96 bits per heavy atom. The Labute approximate surface area is 161 Å². The second kappa shape index (κ2) is 6.63. The zero-order chi connectivity index (χ0) is 18.4. The Bertz CT molecular complexity index is 833. The summed E-state index contributed by atoms with van der Waals surface area (Å²) in [6.07, 6.45) is 7.72. The van der Waals surface area contributed by atoms with Crippen LogP contribution in [0.15, 0.2) is 42.5 Å². The first-order chi connectivity index (χ1) is 13.2. The third kappa shape index (κ3) is 2.79. The van der Waals surface area contributed by atoms with Crippen LogP contribution in [0.2, 0.25) is 0 Å². The molecule has 3 atom stereocenters. The number of piperidine rings is 1. The minimum atomic E-state index is -0.149. The van der Waals surface area contributed by atoms with Crippen LogP contribution < -0.4 is 4.74 Å². The van der Waals surface area contributed by atoms with Crippen LogP contribution >= 0.6 is 0 Å². The molecule has 0 N–H and O–H groups in total. The van der Waals surface area contributed by atoms with E-state index in [0.29, 0.717) is 11.5 Å². The van der Waals surface area contributed by atoms with E-state index in [2.05, 4.69) is 23.1 Å². The van der Waals surface area contributed by atoms with Crippen molar-refractivity contribution in [3.63, 3.8) is 0 Å². The summed E-state index contributed by atoms with van der Waals surface area (Å²) >= 11 is 0. The fourth-order valence-corrected chi connectivity index (χ4v) is 6.21. The Hall–Kier alpha value is -1.87. The summed E-state index contributed by atoms with van der Waals surface area (Å²) in [6, 6.07) is 14.4. The van der Waals surface area contributed by atoms with Gasteiger partial charge in [0.05, 0.1) is 7.11 Å². The summed E-state index contributed by atoms with van der Waals surface area (Å²) in [6.45, 7) is 2.07. The number of halogens is 1. The van der Waals surface area contributed by atoms with Gasteiger partial charge < -0.3 is 4.74 Å². The zero-order valence-electron chi connectivity index (χ0n) is 16.1. The second-order valence-corrected chi connectivity index (χ2v) is 8.65. The number of nitrogens with zero attached hydrogens (tertiary/aromatic N) is 1. The summed E-state index contributed by atoms with van der Waals surface area (Å²) in [5.41, 5.74) is 4.65. The van der Waals surface area contributed by atoms with Crippen LogP contribution in [0.1, 0.15) is 48.8 Å². The number of fused-ring (bicyclic) bond motifs is 1. The molecule has 1 heterocycles. The van der Waals surface area contributed by atoms with Crippen LogP contribution in [0.3, 0.4) is 0 Å². The van der Waals surface area contributed by atoms with E-state index >= 15 is 0 Å². The summed E-state index contributed by atoms with van der Waals surface area (Å²) in [4.78, 5) is 2.68. The van der Waals surface area contributed by atoms with Crippen molar-refractivity contribution in [3.05, 3.63) is 65.0 Å². The van der Waals surface area contributed by atoms with Crippen LogP contribution in [-0.2, 0) is 18.4 Å². The van der Waals surface area contributed by atoms with Crippen molar-refractivity contribution in [2.45, 2.75) is 56.5 Å². The van der Waals surface area contributed by atoms with Crippen LogP contribution in [0.4, 0.5) is 4.39 Å². The number of benzene rings is 2. The molecule has 3 aliphatic rings. The molecule has 2 nitrogen and oxygen atoms in total. The molecule has 2 bridgehead atoms. The fourth-order valence-electron chi connectivity index (χ4n) is 6.21. The number of ether oxygens (including phenoxy) is 1. The van der Waals surface area contributed by atoms with Crippen molar-refractivity contribution < 1.29 is 9.13 Å². The van der Waals surface area contributed by atoms with E-state index in [9.17, 15) is 4.39 Å². The molecule has 1 saturated heterocycles. The molecule has 0 radical (unpaired) electrons. The number of likely N-dealkylation sites (tertiary alicyclic amines) is 1. The summed E-state index contributed by atoms with van der Waals surface area (Å²) in [7, 11) is 1.77. The van der Waals surface area contributed by atoms with E-state index in [1.165, 1.54) is 43.2 Å². The molecule has 3 heteroatoms. The van der Waals surface area contributed by atoms with E-state index in [4.69, 9.17) is 4.74 Å². The lowest BCUT2D eigenvalue weighted by Crippen LogP contribution is -2.60. The highest BCUT2D eigenvalue weighted by molar-refractivity contribution is 5.45. The van der Waals surface area contributed by atoms with Gasteiger partial charge in [-0.1, -0.05) is 31.0 Å². The van der Waals surface area contributed by atoms with Gasteiger partial charge in [0.1, 0.15) is 11.6 Å². The largest absolute Gasteiger partial charge is 0.497 e. The number of hydrogen-bond acceptors (Lipinski definition) is 2. The van der Waals surface area contributed by atoms with Crippen LogP contribution in [0, 0.1) is 11.7 Å². The van der Waals surface area contributed by atoms with E-state index in [1.54, 1.807) is 24.8 Å². The van der Waals surface area contributed by atoms with Crippen molar-refractivity contribution >= 4 is 0 Å². The van der Waals surface area contributed by atoms with Crippen LogP contribution in [0.25, 0.3) is 0 Å². The lowest BCUT2D eigenvalue weighted by atomic mass is 9.52. The Morgan fingerprint density at radius 1 is 1.11 bits per heavy atom. The lowest BCUT2D eigenvalue weighted by molar-refractivity contribution is -0.0157. The van der Waals surface area contributed by atoms with E-state index in [0.717, 1.165) is 31.2 Å². The van der Waals surface area contributed by atoms with Gasteiger partial charge in [0.25, 0.3) is 0 Å². The minimum Gasteiger partial charge on any atom is -0.497 e. The lowest BCUT2D eigenvalue weighted by Gasteiger charge is -2.59. The molecule has 2 aromatic carbocycles. The fraction of sp³-hybridized carbons (Fsp3) is 0.500. The molecule has 0 unspecified atom stereocenters. The summed E-state index contributed by atoms with van der Waals surface area (Å²) in [5.74, 6) is 1.59. The Kier molecular flexibility index (Phi) is 4.23. The molecular weight excluding hydrogens is 337 g/mol. The second-order valence-electron chi connectivity index (χ2n) is 8.65. The van der Waals surface area contributed by atoms with Crippen molar-refractivity contribution in [1.29, 1.82) is 0 Å². The van der Waals surface area contributed by atoms with Gasteiger partial charge in [-0.15, -0.1) is 0 Å². The molecule has 2 fully saturated rings. The predicted octanol–water partition coefficient (Wildman–Crippen LogP) is 5.09. The third-order valence-electron chi connectivity index (χ3n) is 7.46. The van der Waals surface area contributed by atoms with Crippen LogP contribution in [0.5, 0.6) is 5.75 Å². The van der Waals surface area contributed by atoms with Crippen molar-refractivity contribution in [2.24, 2.45) is 5.92 Å². The molecule has 1 aliphatic heterocycles. The van der Waals surface area contributed by atoms with Crippen molar-refractivity contribution in [2.75, 3.05) is 13.7 Å². The highest BCUT2D eigenvalue weighted by Gasteiger charge is 2.53. The molecule has 0 aromatic heterocycles. The van der Waals surface area contributed by atoms with Gasteiger partial charge in [-0.3, -0.25) is 4.90 Å². The average Bonchev–Trinajstić information content (AvgIpc) is 2.71. The van der Waals surface area contributed by atoms with Gasteiger partial charge in [0.15, 0.2) is 0 Å². The van der Waals surface area contributed by atoms with Crippen molar-refractivity contribution in [1.82, 2.24) is 4.90 Å². The SMILES string of the molecule is COc1ccc2c(c1)[C@]13CCCC[C@H]1[C@@H](C2)N(Cc1ccc(F)cc1)CC3. The number of rotatable bonds is 3. The monoisotopic (exact) mass is 365 g/mol. The van der Waals surface area contributed by atoms with Gasteiger partial charge >= 0.3 is 0 Å². The van der Waals surface area contributed by atoms with E-state index < -0.39 is 0 Å². The van der Waals surface area contributed by atoms with Gasteiger partial charge in [-0.25, -0.2) is 4.39 Å². The molecular formula is C24H28FNO. The molecule has 0 spiro atoms. The molecule has 2 aliphatic carbocycles. The first-order valence-corrected chi connectivity index (χ1v) is 10.4. The van der Waals surface area contributed by atoms with Gasteiger partial charge in [0, 0.05) is 18.0 Å². The van der Waals surface area contributed by atoms with Crippen LogP contribution in [-0.4, -0.2) is 24.6 Å². The molecule has 1 saturated carbocycles. The normalized spacial score (nSPS) is 29.7. The first-order valence-electron chi connectivity index (χ1n) is 10.4. The highest BCUT2D eigenvalue weighted by atomic mass is 19.1. The summed E-state index contributed by atoms with van der Waals surface area (Å²) in [5, 5.41) is 0. The van der Waals surface area contributed by atoms with Crippen molar-refractivity contribution in [3.8, 4) is 5.75 Å². The van der Waals surface area contributed by atoms with Gasteiger partial charge in [-0.2, -0.15) is 0 Å². The van der Waals surface area contributed by atoms with E-state index in [1.807, 2.05) is 12.1 Å². The Balaban J connectivity index is 1.51. The maximum Gasteiger partial charge on any atom is 0.123 e. The molecule has 0 amide bonds. The number of methoxy groups -OCH3 is 1. The molecule has 27 heavy (non-hydrogen) atoms. The van der Waals surface area contributed by atoms with Gasteiger partial charge in [-0.05, 0) is 79.1 Å². The highest BCUT2D eigenvalue weighted by Crippen LogP contribution is 2.56. The van der Waals surface area contributed by atoms with Gasteiger partial charge in [0.2, 0.25) is 0 Å². The zero-order valence-corrected chi connectivity index (χ0v) is 16.1. The smallest absolute Gasteiger partial charge is 0.123 e. The average molecular weight is 365 g/mol. The maximum absolute atomic E-state index is 13.3. The molecule has 142 valence electrons. The molecule has 2 aromatic rings. The minimum absolute atomic E-state index is 0.149. The van der Waals surface area contributed by atoms with E-state index in [-0.39, 0.29) is 5.82 Å². The predicted molar refractivity (Wildman–Crippen MR) is 106 cm³/mol.